The fourth-order valence-electron chi connectivity index (χ4n) is 4.26. The van der Waals surface area contributed by atoms with Crippen LogP contribution < -0.4 is 5.32 Å². The predicted octanol–water partition coefficient (Wildman–Crippen LogP) is 0.313. The van der Waals surface area contributed by atoms with Crippen molar-refractivity contribution >= 4 is 11.8 Å². The third kappa shape index (κ3) is 2.56. The van der Waals surface area contributed by atoms with Gasteiger partial charge in [-0.15, -0.1) is 0 Å². The molecule has 116 valence electrons. The second kappa shape index (κ2) is 5.27. The molecule has 4 rings (SSSR count). The Bertz CT molecular complexity index is 437. The minimum atomic E-state index is 0.0493. The van der Waals surface area contributed by atoms with Crippen LogP contribution >= 0.6 is 0 Å². The summed E-state index contributed by atoms with van der Waals surface area (Å²) in [4.78, 5) is 29.0. The fraction of sp³-hybridized carbons (Fsp3) is 0.875. The first kappa shape index (κ1) is 13.6. The summed E-state index contributed by atoms with van der Waals surface area (Å²) in [7, 11) is 0. The van der Waals surface area contributed by atoms with Crippen LogP contribution in [0.3, 0.4) is 0 Å². The SMILES string of the molecule is O=C(C1CC1)N1CCCC(C(=O)N2C[C@H]3CNC[C@H]3C2)C1. The van der Waals surface area contributed by atoms with Crippen molar-refractivity contribution in [1.82, 2.24) is 15.1 Å². The van der Waals surface area contributed by atoms with Gasteiger partial charge in [0.25, 0.3) is 0 Å². The van der Waals surface area contributed by atoms with Crippen LogP contribution in [0, 0.1) is 23.7 Å². The molecule has 1 unspecified atom stereocenters. The number of hydrogen-bond acceptors (Lipinski definition) is 3. The molecule has 1 saturated carbocycles. The molecule has 4 aliphatic rings. The molecule has 21 heavy (non-hydrogen) atoms. The Morgan fingerprint density at radius 1 is 0.810 bits per heavy atom. The highest BCUT2D eigenvalue weighted by molar-refractivity contribution is 5.83. The van der Waals surface area contributed by atoms with Crippen molar-refractivity contribution in [3.05, 3.63) is 0 Å². The van der Waals surface area contributed by atoms with Crippen molar-refractivity contribution in [2.75, 3.05) is 39.3 Å². The Morgan fingerprint density at radius 3 is 2.14 bits per heavy atom. The summed E-state index contributed by atoms with van der Waals surface area (Å²) in [5.41, 5.74) is 0. The van der Waals surface area contributed by atoms with Gasteiger partial charge in [0.15, 0.2) is 0 Å². The number of fused-ring (bicyclic) bond motifs is 1. The van der Waals surface area contributed by atoms with Crippen molar-refractivity contribution < 1.29 is 9.59 Å². The summed E-state index contributed by atoms with van der Waals surface area (Å²) >= 11 is 0. The fourth-order valence-corrected chi connectivity index (χ4v) is 4.26. The maximum atomic E-state index is 12.8. The van der Waals surface area contributed by atoms with Crippen LogP contribution in [0.4, 0.5) is 0 Å². The third-order valence-corrected chi connectivity index (χ3v) is 5.71. The molecule has 0 aromatic rings. The van der Waals surface area contributed by atoms with Crippen molar-refractivity contribution in [3.63, 3.8) is 0 Å². The van der Waals surface area contributed by atoms with Crippen molar-refractivity contribution in [3.8, 4) is 0 Å². The van der Waals surface area contributed by atoms with Crippen LogP contribution in [0.5, 0.6) is 0 Å². The largest absolute Gasteiger partial charge is 0.342 e. The summed E-state index contributed by atoms with van der Waals surface area (Å²) in [6.45, 7) is 5.48. The molecule has 3 saturated heterocycles. The number of piperidine rings is 1. The van der Waals surface area contributed by atoms with Crippen LogP contribution in [0.15, 0.2) is 0 Å². The molecule has 0 radical (unpaired) electrons. The van der Waals surface area contributed by atoms with E-state index in [1.165, 1.54) is 0 Å². The van der Waals surface area contributed by atoms with E-state index in [-0.39, 0.29) is 11.8 Å². The first-order valence-electron chi connectivity index (χ1n) is 8.50. The van der Waals surface area contributed by atoms with Crippen molar-refractivity contribution in [2.24, 2.45) is 23.7 Å². The molecule has 0 bridgehead atoms. The molecular weight excluding hydrogens is 266 g/mol. The molecule has 5 nitrogen and oxygen atoms in total. The molecule has 3 heterocycles. The van der Waals surface area contributed by atoms with Gasteiger partial charge in [0.1, 0.15) is 0 Å². The average Bonchev–Trinajstić information content (AvgIpc) is 3.13. The Kier molecular flexibility index (Phi) is 3.40. The van der Waals surface area contributed by atoms with Gasteiger partial charge in [-0.05, 0) is 37.5 Å². The van der Waals surface area contributed by atoms with Crippen LogP contribution in [-0.4, -0.2) is 60.9 Å². The van der Waals surface area contributed by atoms with Crippen LogP contribution in [0.25, 0.3) is 0 Å². The van der Waals surface area contributed by atoms with E-state index in [9.17, 15) is 9.59 Å². The zero-order valence-electron chi connectivity index (χ0n) is 12.6. The summed E-state index contributed by atoms with van der Waals surface area (Å²) in [6.07, 6.45) is 4.04. The highest BCUT2D eigenvalue weighted by atomic mass is 16.2. The molecular formula is C16H25N3O2. The number of likely N-dealkylation sites (tertiary alicyclic amines) is 2. The van der Waals surface area contributed by atoms with Crippen LogP contribution in [0.2, 0.25) is 0 Å². The van der Waals surface area contributed by atoms with Gasteiger partial charge in [-0.25, -0.2) is 0 Å². The standard InChI is InChI=1S/C16H25N3O2/c20-15(11-3-4-11)18-5-1-2-12(8-18)16(21)19-9-13-6-17-7-14(13)10-19/h11-14,17H,1-10H2/t12?,13-,14+. The van der Waals surface area contributed by atoms with Gasteiger partial charge in [0, 0.05) is 45.2 Å². The number of amides is 2. The first-order chi connectivity index (χ1) is 10.2. The monoisotopic (exact) mass is 291 g/mol. The molecule has 5 heteroatoms. The second-order valence-electron chi connectivity index (χ2n) is 7.32. The topological polar surface area (TPSA) is 52.7 Å². The molecule has 0 spiro atoms. The first-order valence-corrected chi connectivity index (χ1v) is 8.50. The number of carbonyl (C=O) groups is 2. The van der Waals surface area contributed by atoms with Gasteiger partial charge in [0.05, 0.1) is 5.92 Å². The van der Waals surface area contributed by atoms with E-state index in [4.69, 9.17) is 0 Å². The van der Waals surface area contributed by atoms with Crippen LogP contribution in [0.1, 0.15) is 25.7 Å². The summed E-state index contributed by atoms with van der Waals surface area (Å²) in [5.74, 6) is 2.24. The maximum absolute atomic E-state index is 12.8. The zero-order chi connectivity index (χ0) is 14.4. The van der Waals surface area contributed by atoms with Gasteiger partial charge < -0.3 is 15.1 Å². The van der Waals surface area contributed by atoms with E-state index >= 15 is 0 Å². The molecule has 1 aliphatic carbocycles. The molecule has 2 amide bonds. The molecule has 0 aromatic heterocycles. The third-order valence-electron chi connectivity index (χ3n) is 5.71. The Labute approximate surface area is 126 Å². The van der Waals surface area contributed by atoms with E-state index in [1.54, 1.807) is 0 Å². The highest BCUT2D eigenvalue weighted by Crippen LogP contribution is 2.33. The van der Waals surface area contributed by atoms with Gasteiger partial charge in [-0.3, -0.25) is 9.59 Å². The van der Waals surface area contributed by atoms with E-state index in [1.807, 2.05) is 4.90 Å². The normalized spacial score (nSPS) is 35.9. The Hall–Kier alpha value is -1.10. The average molecular weight is 291 g/mol. The second-order valence-corrected chi connectivity index (χ2v) is 7.32. The lowest BCUT2D eigenvalue weighted by Gasteiger charge is -2.34. The minimum Gasteiger partial charge on any atom is -0.342 e. The van der Waals surface area contributed by atoms with Gasteiger partial charge in [-0.1, -0.05) is 0 Å². The van der Waals surface area contributed by atoms with Crippen molar-refractivity contribution in [2.45, 2.75) is 25.7 Å². The van der Waals surface area contributed by atoms with E-state index in [2.05, 4.69) is 10.2 Å². The summed E-state index contributed by atoms with van der Waals surface area (Å²) in [6, 6.07) is 0. The Morgan fingerprint density at radius 2 is 1.48 bits per heavy atom. The van der Waals surface area contributed by atoms with E-state index in [0.29, 0.717) is 30.2 Å². The predicted molar refractivity (Wildman–Crippen MR) is 78.5 cm³/mol. The lowest BCUT2D eigenvalue weighted by atomic mass is 9.96. The number of rotatable bonds is 2. The van der Waals surface area contributed by atoms with E-state index in [0.717, 1.165) is 58.4 Å². The molecule has 4 fully saturated rings. The maximum Gasteiger partial charge on any atom is 0.227 e. The Balaban J connectivity index is 1.36. The van der Waals surface area contributed by atoms with Gasteiger partial charge >= 0.3 is 0 Å². The number of nitrogens with zero attached hydrogens (tertiary/aromatic N) is 2. The number of hydrogen-bond donors (Lipinski definition) is 1. The molecule has 3 aliphatic heterocycles. The molecule has 0 aromatic carbocycles. The zero-order valence-corrected chi connectivity index (χ0v) is 12.6. The smallest absolute Gasteiger partial charge is 0.227 e. The van der Waals surface area contributed by atoms with Crippen molar-refractivity contribution in [1.29, 1.82) is 0 Å². The van der Waals surface area contributed by atoms with Gasteiger partial charge in [0.2, 0.25) is 11.8 Å². The number of nitrogens with one attached hydrogen (secondary N) is 1. The lowest BCUT2D eigenvalue weighted by molar-refractivity contribution is -0.141. The summed E-state index contributed by atoms with van der Waals surface area (Å²) < 4.78 is 0. The van der Waals surface area contributed by atoms with E-state index < -0.39 is 0 Å². The quantitative estimate of drug-likeness (QED) is 0.797. The van der Waals surface area contributed by atoms with Crippen LogP contribution in [-0.2, 0) is 9.59 Å². The number of carbonyl (C=O) groups excluding carboxylic acids is 2. The highest BCUT2D eigenvalue weighted by Gasteiger charge is 2.42. The lowest BCUT2D eigenvalue weighted by Crippen LogP contribution is -2.47. The summed E-state index contributed by atoms with van der Waals surface area (Å²) in [5, 5.41) is 3.41. The molecule has 3 atom stereocenters. The minimum absolute atomic E-state index is 0.0493. The van der Waals surface area contributed by atoms with Gasteiger partial charge in [-0.2, -0.15) is 0 Å². The molecule has 1 N–H and O–H groups in total.